The van der Waals surface area contributed by atoms with Crippen molar-refractivity contribution in [3.63, 3.8) is 0 Å². The van der Waals surface area contributed by atoms with E-state index in [-0.39, 0.29) is 0 Å². The van der Waals surface area contributed by atoms with E-state index < -0.39 is 0 Å². The van der Waals surface area contributed by atoms with Crippen molar-refractivity contribution in [3.8, 4) is 0 Å². The Morgan fingerprint density at radius 2 is 2.11 bits per heavy atom. The molecule has 0 aliphatic heterocycles. The van der Waals surface area contributed by atoms with Gasteiger partial charge in [0.05, 0.1) is 11.2 Å². The lowest BCUT2D eigenvalue weighted by Crippen LogP contribution is -2.32. The van der Waals surface area contributed by atoms with Crippen molar-refractivity contribution in [1.29, 1.82) is 0 Å². The van der Waals surface area contributed by atoms with Gasteiger partial charge >= 0.3 is 0 Å². The third-order valence-corrected chi connectivity index (χ3v) is 5.44. The Balaban J connectivity index is 1.87. The maximum atomic E-state index is 4.37. The second-order valence-corrected chi connectivity index (χ2v) is 7.21. The van der Waals surface area contributed by atoms with Gasteiger partial charge in [0.25, 0.3) is 0 Å². The minimum atomic E-state index is 0.606. The Hall–Kier alpha value is -0.410. The fourth-order valence-corrected chi connectivity index (χ4v) is 4.00. The van der Waals surface area contributed by atoms with E-state index in [1.54, 1.807) is 0 Å². The highest BCUT2D eigenvalue weighted by Crippen LogP contribution is 2.34. The number of thiazole rings is 1. The molecule has 1 aliphatic rings. The quantitative estimate of drug-likeness (QED) is 0.810. The van der Waals surface area contributed by atoms with E-state index in [2.05, 4.69) is 31.1 Å². The first-order valence-electron chi connectivity index (χ1n) is 7.79. The number of nitrogens with zero attached hydrogens (tertiary/aromatic N) is 1. The number of hydrogen-bond acceptors (Lipinski definition) is 3. The van der Waals surface area contributed by atoms with Crippen LogP contribution >= 0.6 is 11.3 Å². The summed E-state index contributed by atoms with van der Waals surface area (Å²) in [5, 5.41) is 3.65. The number of rotatable bonds is 7. The first-order valence-corrected chi connectivity index (χ1v) is 8.67. The van der Waals surface area contributed by atoms with E-state index in [9.17, 15) is 0 Å². The van der Waals surface area contributed by atoms with Gasteiger partial charge in [-0.25, -0.2) is 4.98 Å². The molecule has 1 atom stereocenters. The summed E-state index contributed by atoms with van der Waals surface area (Å²) < 4.78 is 0. The zero-order valence-electron chi connectivity index (χ0n) is 12.6. The highest BCUT2D eigenvalue weighted by Gasteiger charge is 2.25. The lowest BCUT2D eigenvalue weighted by atomic mass is 9.86. The van der Waals surface area contributed by atoms with E-state index >= 15 is 0 Å². The van der Waals surface area contributed by atoms with Gasteiger partial charge in [-0.1, -0.05) is 39.5 Å². The minimum Gasteiger partial charge on any atom is -0.314 e. The number of aryl methyl sites for hydroxylation is 2. The van der Waals surface area contributed by atoms with Crippen molar-refractivity contribution < 1.29 is 0 Å². The van der Waals surface area contributed by atoms with Crippen molar-refractivity contribution in [3.05, 3.63) is 16.1 Å². The number of aromatic nitrogens is 1. The predicted octanol–water partition coefficient (Wildman–Crippen LogP) is 4.19. The van der Waals surface area contributed by atoms with E-state index in [1.807, 2.05) is 16.8 Å². The van der Waals surface area contributed by atoms with Crippen LogP contribution in [-0.4, -0.2) is 17.6 Å². The molecule has 0 bridgehead atoms. The summed E-state index contributed by atoms with van der Waals surface area (Å²) in [5.41, 5.74) is 3.23. The topological polar surface area (TPSA) is 24.9 Å². The van der Waals surface area contributed by atoms with Crippen LogP contribution in [0.4, 0.5) is 0 Å². The van der Waals surface area contributed by atoms with Crippen molar-refractivity contribution in [2.75, 3.05) is 6.54 Å². The summed E-state index contributed by atoms with van der Waals surface area (Å²) in [6, 6.07) is 0.606. The molecule has 1 unspecified atom stereocenters. The van der Waals surface area contributed by atoms with E-state index in [0.717, 1.165) is 11.8 Å². The van der Waals surface area contributed by atoms with Gasteiger partial charge in [0.2, 0.25) is 0 Å². The van der Waals surface area contributed by atoms with Gasteiger partial charge in [-0.05, 0) is 38.1 Å². The zero-order valence-corrected chi connectivity index (χ0v) is 13.4. The molecule has 2 nitrogen and oxygen atoms in total. The first kappa shape index (κ1) is 15.0. The highest BCUT2D eigenvalue weighted by molar-refractivity contribution is 7.09. The van der Waals surface area contributed by atoms with Gasteiger partial charge in [-0.15, -0.1) is 11.3 Å². The summed E-state index contributed by atoms with van der Waals surface area (Å²) in [6.45, 7) is 7.83. The Bertz CT molecular complexity index is 367. The van der Waals surface area contributed by atoms with Gasteiger partial charge in [-0.3, -0.25) is 0 Å². The van der Waals surface area contributed by atoms with Crippen LogP contribution in [0.2, 0.25) is 0 Å². The SMILES string of the molecule is Cc1ncsc1CCC(CNC(C)C)C1CCCC1. The van der Waals surface area contributed by atoms with Crippen molar-refractivity contribution >= 4 is 11.3 Å². The summed E-state index contributed by atoms with van der Waals surface area (Å²) in [4.78, 5) is 5.86. The standard InChI is InChI=1S/C16H28N2S/c1-12(2)17-10-15(14-6-4-5-7-14)8-9-16-13(3)18-11-19-16/h11-12,14-15,17H,4-10H2,1-3H3. The molecule has 108 valence electrons. The van der Waals surface area contributed by atoms with Crippen LogP contribution in [-0.2, 0) is 6.42 Å². The highest BCUT2D eigenvalue weighted by atomic mass is 32.1. The molecular weight excluding hydrogens is 252 g/mol. The Morgan fingerprint density at radius 3 is 2.68 bits per heavy atom. The largest absolute Gasteiger partial charge is 0.314 e. The Kier molecular flexibility index (Phi) is 5.83. The van der Waals surface area contributed by atoms with Crippen LogP contribution in [0.15, 0.2) is 5.51 Å². The molecule has 2 rings (SSSR count). The molecule has 0 aromatic carbocycles. The van der Waals surface area contributed by atoms with Crippen LogP contribution in [0, 0.1) is 18.8 Å². The molecule has 19 heavy (non-hydrogen) atoms. The number of hydrogen-bond donors (Lipinski definition) is 1. The molecule has 0 amide bonds. The van der Waals surface area contributed by atoms with Crippen molar-refractivity contribution in [1.82, 2.24) is 10.3 Å². The molecular formula is C16H28N2S. The fraction of sp³-hybridized carbons (Fsp3) is 0.812. The molecule has 1 aromatic rings. The first-order chi connectivity index (χ1) is 9.16. The van der Waals surface area contributed by atoms with E-state index in [1.165, 1.54) is 55.6 Å². The van der Waals surface area contributed by atoms with Crippen molar-refractivity contribution in [2.24, 2.45) is 11.8 Å². The zero-order chi connectivity index (χ0) is 13.7. The lowest BCUT2D eigenvalue weighted by molar-refractivity contribution is 0.298. The number of nitrogens with one attached hydrogen (secondary N) is 1. The second kappa shape index (κ2) is 7.39. The van der Waals surface area contributed by atoms with Crippen LogP contribution in [0.3, 0.4) is 0 Å². The Morgan fingerprint density at radius 1 is 1.37 bits per heavy atom. The van der Waals surface area contributed by atoms with E-state index in [0.29, 0.717) is 6.04 Å². The summed E-state index contributed by atoms with van der Waals surface area (Å²) in [5.74, 6) is 1.81. The minimum absolute atomic E-state index is 0.606. The lowest BCUT2D eigenvalue weighted by Gasteiger charge is -2.25. The molecule has 1 fully saturated rings. The van der Waals surface area contributed by atoms with Gasteiger partial charge < -0.3 is 5.32 Å². The molecule has 1 heterocycles. The molecule has 0 radical (unpaired) electrons. The molecule has 1 N–H and O–H groups in total. The molecule has 1 saturated carbocycles. The predicted molar refractivity (Wildman–Crippen MR) is 83.8 cm³/mol. The normalized spacial score (nSPS) is 18.3. The monoisotopic (exact) mass is 280 g/mol. The van der Waals surface area contributed by atoms with Crippen LogP contribution in [0.5, 0.6) is 0 Å². The molecule has 0 spiro atoms. The van der Waals surface area contributed by atoms with Crippen LogP contribution in [0.1, 0.15) is 56.5 Å². The average molecular weight is 280 g/mol. The second-order valence-electron chi connectivity index (χ2n) is 6.27. The smallest absolute Gasteiger partial charge is 0.0797 e. The van der Waals surface area contributed by atoms with Gasteiger partial charge in [0.15, 0.2) is 0 Å². The average Bonchev–Trinajstić information content (AvgIpc) is 3.01. The van der Waals surface area contributed by atoms with E-state index in [4.69, 9.17) is 0 Å². The molecule has 1 aromatic heterocycles. The van der Waals surface area contributed by atoms with Crippen LogP contribution in [0.25, 0.3) is 0 Å². The molecule has 0 saturated heterocycles. The fourth-order valence-electron chi connectivity index (χ4n) is 3.20. The third kappa shape index (κ3) is 4.57. The van der Waals surface area contributed by atoms with Crippen molar-refractivity contribution in [2.45, 2.75) is 65.3 Å². The summed E-state index contributed by atoms with van der Waals surface area (Å²) in [6.07, 6.45) is 8.34. The summed E-state index contributed by atoms with van der Waals surface area (Å²) >= 11 is 1.83. The maximum Gasteiger partial charge on any atom is 0.0797 e. The van der Waals surface area contributed by atoms with Gasteiger partial charge in [0, 0.05) is 10.9 Å². The van der Waals surface area contributed by atoms with Gasteiger partial charge in [0.1, 0.15) is 0 Å². The maximum absolute atomic E-state index is 4.37. The summed E-state index contributed by atoms with van der Waals surface area (Å²) in [7, 11) is 0. The van der Waals surface area contributed by atoms with Crippen LogP contribution < -0.4 is 5.32 Å². The van der Waals surface area contributed by atoms with Gasteiger partial charge in [-0.2, -0.15) is 0 Å². The third-order valence-electron chi connectivity index (χ3n) is 4.44. The Labute approximate surface area is 122 Å². The molecule has 1 aliphatic carbocycles. The molecule has 3 heteroatoms.